The van der Waals surface area contributed by atoms with Gasteiger partial charge in [0, 0.05) is 52.9 Å². The largest absolute Gasteiger partial charge is 1.00 e. The average molecular weight is 1030 g/mol. The first-order valence-electron chi connectivity index (χ1n) is 28.6. The fourth-order valence-corrected chi connectivity index (χ4v) is 8.91. The number of hydrogen-bond acceptors (Lipinski definition) is 6. The van der Waals surface area contributed by atoms with Crippen LogP contribution in [-0.4, -0.2) is 52.9 Å². The Balaban J connectivity index is 0.000000541. The monoisotopic (exact) mass is 1030 g/mol. The normalized spacial score (nSPS) is 14.9. The number of nitrogens with one attached hydrogen (secondary N) is 2. The van der Waals surface area contributed by atoms with Crippen LogP contribution in [0.2, 0.25) is 0 Å². The minimum Gasteiger partial charge on any atom is -0.381 e. The maximum absolute atomic E-state index is 4.94. The molecule has 4 aromatic rings. The third-order valence-corrected chi connectivity index (χ3v) is 13.4. The van der Waals surface area contributed by atoms with Crippen LogP contribution in [0.4, 0.5) is 22.7 Å². The van der Waals surface area contributed by atoms with E-state index in [-0.39, 0.29) is 37.7 Å². The number of ether oxygens (including phenoxy) is 4. The Morgan fingerprint density at radius 2 is 0.474 bits per heavy atom. The van der Waals surface area contributed by atoms with Gasteiger partial charge in [-0.05, 0) is 143 Å². The van der Waals surface area contributed by atoms with Crippen molar-refractivity contribution in [3.05, 3.63) is 128 Å². The Morgan fingerprint density at radius 1 is 0.303 bits per heavy atom. The summed E-state index contributed by atoms with van der Waals surface area (Å²) in [5.41, 5.74) is 23.6. The van der Waals surface area contributed by atoms with Crippen molar-refractivity contribution in [3.8, 4) is 0 Å². The molecule has 4 heterocycles. The van der Waals surface area contributed by atoms with Gasteiger partial charge in [-0.25, -0.2) is 0 Å². The van der Waals surface area contributed by atoms with Gasteiger partial charge in [0.1, 0.15) is 0 Å². The Kier molecular flexibility index (Phi) is 37.2. The van der Waals surface area contributed by atoms with Crippen LogP contribution in [0, 0.1) is 0 Å². The number of hydrogen-bond donors (Lipinski definition) is 2. The van der Waals surface area contributed by atoms with Crippen molar-refractivity contribution in [2.24, 2.45) is 10.4 Å². The van der Waals surface area contributed by atoms with Gasteiger partial charge in [-0.15, -0.1) is 10.9 Å². The molecule has 0 aliphatic carbocycles. The molecule has 0 radical (unpaired) electrons. The van der Waals surface area contributed by atoms with Crippen molar-refractivity contribution in [1.29, 1.82) is 0 Å². The molecule has 4 aliphatic heterocycles. The molecule has 0 saturated carbocycles. The molecule has 8 rings (SSSR count). The predicted molar refractivity (Wildman–Crippen MR) is 311 cm³/mol. The first-order chi connectivity index (χ1) is 35.5. The number of benzene rings is 4. The van der Waals surface area contributed by atoms with Gasteiger partial charge in [0.05, 0.1) is 22.7 Å². The smallest absolute Gasteiger partial charge is 0.381 e. The van der Waals surface area contributed by atoms with Gasteiger partial charge in [0.2, 0.25) is 0 Å². The minimum atomic E-state index is 0. The fourth-order valence-electron chi connectivity index (χ4n) is 8.91. The Morgan fingerprint density at radius 3 is 0.618 bits per heavy atom. The van der Waals surface area contributed by atoms with E-state index in [1.807, 2.05) is 0 Å². The van der Waals surface area contributed by atoms with E-state index in [1.54, 1.807) is 0 Å². The van der Waals surface area contributed by atoms with Crippen LogP contribution >= 0.6 is 0 Å². The quantitative estimate of drug-likeness (QED) is 0.0743. The molecular formula is C64H102Li2N6O4+2. The van der Waals surface area contributed by atoms with Gasteiger partial charge >= 0.3 is 37.7 Å². The van der Waals surface area contributed by atoms with Crippen LogP contribution in [0.25, 0.3) is 10.9 Å². The Hall–Kier alpha value is -3.29. The summed E-state index contributed by atoms with van der Waals surface area (Å²) in [7, 11) is 0. The van der Waals surface area contributed by atoms with Crippen LogP contribution in [-0.2, 0) is 18.9 Å². The molecule has 4 aromatic carbocycles. The van der Waals surface area contributed by atoms with Crippen molar-refractivity contribution in [3.63, 3.8) is 0 Å². The number of nitrogens with zero attached hydrogens (tertiary/aromatic N) is 4. The molecule has 2 N–H and O–H groups in total. The first-order valence-corrected chi connectivity index (χ1v) is 28.6. The number of para-hydroxylation sites is 2. The first kappa shape index (κ1) is 70.7. The molecule has 4 fully saturated rings. The van der Waals surface area contributed by atoms with Crippen LogP contribution in [0.15, 0.2) is 83.2 Å². The Bertz CT molecular complexity index is 1900. The summed E-state index contributed by atoms with van der Waals surface area (Å²) in [4.78, 5) is 0. The second-order valence-electron chi connectivity index (χ2n) is 22.3. The van der Waals surface area contributed by atoms with Gasteiger partial charge in [-0.2, -0.15) is 0 Å². The van der Waals surface area contributed by atoms with E-state index in [4.69, 9.17) is 18.9 Å². The van der Waals surface area contributed by atoms with E-state index >= 15 is 0 Å². The standard InChI is InChI=1S/2C24H34N3.4C4H8O.2Li/c2*1-15(2)19-11-9-12-20(16(3)4)23(19)25-27-26-24-21(17(5)6)13-10-14-22(24)18(7)8;4*1-2-4-5-3-1;;/h2*9-18H,1-8H3;4*1-4H2;;/q2*-1;;;;;2*+1/p+2. The van der Waals surface area contributed by atoms with E-state index in [1.165, 1.54) is 95.9 Å². The van der Waals surface area contributed by atoms with E-state index in [9.17, 15) is 0 Å². The zero-order chi connectivity index (χ0) is 54.4. The van der Waals surface area contributed by atoms with Gasteiger partial charge in [-0.3, -0.25) is 10.2 Å². The molecule has 412 valence electrons. The molecule has 4 saturated heterocycles. The summed E-state index contributed by atoms with van der Waals surface area (Å²) in [6, 6.07) is 25.9. The van der Waals surface area contributed by atoms with Gasteiger partial charge in [0.15, 0.2) is 0 Å². The van der Waals surface area contributed by atoms with Crippen LogP contribution in [0.5, 0.6) is 0 Å². The zero-order valence-electron chi connectivity index (χ0n) is 51.3. The summed E-state index contributed by atoms with van der Waals surface area (Å²) < 4.78 is 19.8. The summed E-state index contributed by atoms with van der Waals surface area (Å²) >= 11 is 0. The predicted octanol–water partition coefficient (Wildman–Crippen LogP) is 11.1. The fraction of sp³-hybridized carbons (Fsp3) is 0.625. The third-order valence-electron chi connectivity index (χ3n) is 13.4. The van der Waals surface area contributed by atoms with Crippen LogP contribution < -0.4 is 47.9 Å². The van der Waals surface area contributed by atoms with Crippen molar-refractivity contribution in [2.45, 2.75) is 209 Å². The van der Waals surface area contributed by atoms with Gasteiger partial charge in [-0.1, -0.05) is 194 Å². The van der Waals surface area contributed by atoms with Crippen molar-refractivity contribution in [1.82, 2.24) is 0 Å². The molecule has 10 nitrogen and oxygen atoms in total. The number of rotatable bonds is 14. The molecule has 0 bridgehead atoms. The molecule has 0 atom stereocenters. The second-order valence-corrected chi connectivity index (χ2v) is 22.3. The molecule has 76 heavy (non-hydrogen) atoms. The van der Waals surface area contributed by atoms with Crippen molar-refractivity contribution in [2.75, 3.05) is 52.9 Å². The summed E-state index contributed by atoms with van der Waals surface area (Å²) in [5, 5.41) is 15.5. The molecule has 12 heteroatoms. The van der Waals surface area contributed by atoms with Gasteiger partial charge < -0.3 is 18.9 Å². The average Bonchev–Trinajstić information content (AvgIpc) is 4.25. The summed E-state index contributed by atoms with van der Waals surface area (Å²) in [6.07, 6.45) is 10.2. The van der Waals surface area contributed by atoms with E-state index < -0.39 is 0 Å². The Labute approximate surface area is 487 Å². The van der Waals surface area contributed by atoms with Gasteiger partial charge in [0.25, 0.3) is 0 Å². The molecule has 0 unspecified atom stereocenters. The van der Waals surface area contributed by atoms with E-state index in [2.05, 4.69) is 215 Å². The summed E-state index contributed by atoms with van der Waals surface area (Å²) in [5.74, 6) is 3.34. The minimum absolute atomic E-state index is 0. The van der Waals surface area contributed by atoms with E-state index in [0.717, 1.165) is 75.6 Å². The molecule has 0 amide bonds. The molecule has 0 aromatic heterocycles. The van der Waals surface area contributed by atoms with E-state index in [0.29, 0.717) is 47.3 Å². The van der Waals surface area contributed by atoms with Crippen molar-refractivity contribution >= 4 is 22.7 Å². The molecule has 0 spiro atoms. The zero-order valence-corrected chi connectivity index (χ0v) is 51.3. The second kappa shape index (κ2) is 40.0. The van der Waals surface area contributed by atoms with Crippen LogP contribution in [0.3, 0.4) is 0 Å². The van der Waals surface area contributed by atoms with Crippen LogP contribution in [0.1, 0.15) is 254 Å². The molecular weight excluding hydrogens is 931 g/mol. The summed E-state index contributed by atoms with van der Waals surface area (Å²) in [6.45, 7) is 43.4. The maximum atomic E-state index is 4.94. The third kappa shape index (κ3) is 25.2. The maximum Gasteiger partial charge on any atom is 1.00 e. The van der Waals surface area contributed by atoms with Crippen molar-refractivity contribution < 1.29 is 66.9 Å². The SMILES string of the molecule is C1CCOC1.C1CCOC1.C1CCOC1.C1CCOC1.CC(C)c1cccc(C(C)C)c1[N-]N=[NH+]c1c(C(C)C)cccc1C(C)C.CC(C)c1cccc(C(C)C)c1[N-]N=[NH+]c1c(C(C)C)cccc1C(C)C.[Li+].[Li+]. The molecule has 4 aliphatic rings. The topological polar surface area (TPSA) is 118 Å².